The second-order valence-corrected chi connectivity index (χ2v) is 6.19. The highest BCUT2D eigenvalue weighted by Crippen LogP contribution is 2.21. The highest BCUT2D eigenvalue weighted by molar-refractivity contribution is 5.91. The van der Waals surface area contributed by atoms with E-state index in [1.54, 1.807) is 29.7 Å². The minimum absolute atomic E-state index is 0.0635. The van der Waals surface area contributed by atoms with Gasteiger partial charge in [0.2, 0.25) is 5.91 Å². The van der Waals surface area contributed by atoms with Crippen LogP contribution in [0.5, 0.6) is 0 Å². The summed E-state index contributed by atoms with van der Waals surface area (Å²) in [6.45, 7) is 4.64. The summed E-state index contributed by atoms with van der Waals surface area (Å²) in [7, 11) is 1.82. The first-order valence-corrected chi connectivity index (χ1v) is 8.10. The summed E-state index contributed by atoms with van der Waals surface area (Å²) in [6, 6.07) is 5.51. The number of hydrogen-bond acceptors (Lipinski definition) is 4. The lowest BCUT2D eigenvalue weighted by molar-refractivity contribution is -0.130. The average molecular weight is 330 g/mol. The van der Waals surface area contributed by atoms with Crippen molar-refractivity contribution < 1.29 is 14.0 Å². The summed E-state index contributed by atoms with van der Waals surface area (Å²) >= 11 is 0. The van der Waals surface area contributed by atoms with Gasteiger partial charge in [-0.25, -0.2) is 9.78 Å². The maximum Gasteiger partial charge on any atom is 0.321 e. The maximum absolute atomic E-state index is 12.4. The van der Waals surface area contributed by atoms with E-state index in [2.05, 4.69) is 10.3 Å². The first kappa shape index (κ1) is 16.3. The predicted octanol–water partition coefficient (Wildman–Crippen LogP) is 2.61. The third-order valence-electron chi connectivity index (χ3n) is 4.54. The number of amides is 3. The van der Waals surface area contributed by atoms with Crippen molar-refractivity contribution in [3.05, 3.63) is 24.1 Å². The number of nitrogens with zero attached hydrogens (tertiary/aromatic N) is 3. The van der Waals surface area contributed by atoms with Crippen molar-refractivity contribution in [1.82, 2.24) is 14.8 Å². The molecule has 1 aliphatic rings. The monoisotopic (exact) mass is 330 g/mol. The number of anilines is 1. The quantitative estimate of drug-likeness (QED) is 0.918. The molecule has 1 aromatic heterocycles. The topological polar surface area (TPSA) is 78.7 Å². The van der Waals surface area contributed by atoms with E-state index >= 15 is 0 Å². The summed E-state index contributed by atoms with van der Waals surface area (Å²) in [6.07, 6.45) is 1.59. The molecule has 7 heteroatoms. The van der Waals surface area contributed by atoms with Gasteiger partial charge in [-0.15, -0.1) is 0 Å². The van der Waals surface area contributed by atoms with Crippen molar-refractivity contribution in [3.8, 4) is 0 Å². The molecule has 7 nitrogen and oxygen atoms in total. The Kier molecular flexibility index (Phi) is 4.42. The molecule has 0 atom stereocenters. The zero-order valence-electron chi connectivity index (χ0n) is 14.2. The van der Waals surface area contributed by atoms with E-state index in [-0.39, 0.29) is 18.0 Å². The molecule has 1 aromatic carbocycles. The molecular formula is C17H22N4O3. The SMILES string of the molecule is CC(=O)N(C)C1CCN(C(=O)Nc2ccc3nc(C)oc3c2)CC1. The molecule has 0 radical (unpaired) electrons. The minimum Gasteiger partial charge on any atom is -0.441 e. The van der Waals surface area contributed by atoms with Gasteiger partial charge in [-0.3, -0.25) is 4.79 Å². The van der Waals surface area contributed by atoms with Gasteiger partial charge in [-0.1, -0.05) is 0 Å². The van der Waals surface area contributed by atoms with Gasteiger partial charge in [0.25, 0.3) is 0 Å². The van der Waals surface area contributed by atoms with Crippen LogP contribution >= 0.6 is 0 Å². The third kappa shape index (κ3) is 3.34. The second-order valence-electron chi connectivity index (χ2n) is 6.19. The minimum atomic E-state index is -0.130. The van der Waals surface area contributed by atoms with E-state index in [4.69, 9.17) is 4.42 Å². The fourth-order valence-electron chi connectivity index (χ4n) is 3.03. The van der Waals surface area contributed by atoms with Crippen LogP contribution in [0.15, 0.2) is 22.6 Å². The molecule has 1 aliphatic heterocycles. The van der Waals surface area contributed by atoms with Crippen molar-refractivity contribution in [1.29, 1.82) is 0 Å². The summed E-state index contributed by atoms with van der Waals surface area (Å²) in [5.41, 5.74) is 2.12. The summed E-state index contributed by atoms with van der Waals surface area (Å²) in [5.74, 6) is 0.665. The molecule has 1 N–H and O–H groups in total. The zero-order valence-corrected chi connectivity index (χ0v) is 14.2. The second kappa shape index (κ2) is 6.51. The van der Waals surface area contributed by atoms with Gasteiger partial charge < -0.3 is 19.5 Å². The fourth-order valence-corrected chi connectivity index (χ4v) is 3.03. The van der Waals surface area contributed by atoms with Crippen LogP contribution in [-0.2, 0) is 4.79 Å². The highest BCUT2D eigenvalue weighted by Gasteiger charge is 2.26. The van der Waals surface area contributed by atoms with Gasteiger partial charge in [-0.05, 0) is 25.0 Å². The standard InChI is InChI=1S/C17H22N4O3/c1-11-18-15-5-4-13(10-16(15)24-11)19-17(23)21-8-6-14(7-9-21)20(3)12(2)22/h4-5,10,14H,6-9H2,1-3H3,(H,19,23). The molecule has 1 saturated heterocycles. The van der Waals surface area contributed by atoms with Crippen LogP contribution in [0.1, 0.15) is 25.7 Å². The number of benzene rings is 1. The zero-order chi connectivity index (χ0) is 17.3. The van der Waals surface area contributed by atoms with Gasteiger partial charge in [0.05, 0.1) is 0 Å². The molecule has 0 bridgehead atoms. The van der Waals surface area contributed by atoms with Crippen molar-refractivity contribution >= 4 is 28.7 Å². The molecule has 0 unspecified atom stereocenters. The highest BCUT2D eigenvalue weighted by atomic mass is 16.3. The number of urea groups is 1. The smallest absolute Gasteiger partial charge is 0.321 e. The molecular weight excluding hydrogens is 308 g/mol. The first-order chi connectivity index (χ1) is 11.4. The number of oxazole rings is 1. The Hall–Kier alpha value is -2.57. The van der Waals surface area contributed by atoms with E-state index in [9.17, 15) is 9.59 Å². The number of carbonyl (C=O) groups is 2. The Labute approximate surface area is 140 Å². The Balaban J connectivity index is 1.60. The molecule has 3 rings (SSSR count). The fraction of sp³-hybridized carbons (Fsp3) is 0.471. The number of hydrogen-bond donors (Lipinski definition) is 1. The van der Waals surface area contributed by atoms with Crippen LogP contribution in [0, 0.1) is 6.92 Å². The predicted molar refractivity (Wildman–Crippen MR) is 90.8 cm³/mol. The van der Waals surface area contributed by atoms with Crippen molar-refractivity contribution in [2.75, 3.05) is 25.5 Å². The molecule has 2 heterocycles. The average Bonchev–Trinajstić information content (AvgIpc) is 2.93. The first-order valence-electron chi connectivity index (χ1n) is 8.10. The largest absolute Gasteiger partial charge is 0.441 e. The molecule has 0 aliphatic carbocycles. The number of aromatic nitrogens is 1. The number of nitrogens with one attached hydrogen (secondary N) is 1. The summed E-state index contributed by atoms with van der Waals surface area (Å²) in [4.78, 5) is 31.6. The maximum atomic E-state index is 12.4. The van der Waals surface area contributed by atoms with Crippen LogP contribution in [0.2, 0.25) is 0 Å². The van der Waals surface area contributed by atoms with E-state index < -0.39 is 0 Å². The van der Waals surface area contributed by atoms with Gasteiger partial charge in [0, 0.05) is 51.8 Å². The molecule has 0 saturated carbocycles. The number of fused-ring (bicyclic) bond motifs is 1. The number of aryl methyl sites for hydroxylation is 1. The molecule has 24 heavy (non-hydrogen) atoms. The van der Waals surface area contributed by atoms with Crippen LogP contribution < -0.4 is 5.32 Å². The lowest BCUT2D eigenvalue weighted by Crippen LogP contribution is -2.47. The van der Waals surface area contributed by atoms with E-state index in [1.165, 1.54) is 0 Å². The van der Waals surface area contributed by atoms with Gasteiger partial charge >= 0.3 is 6.03 Å². The van der Waals surface area contributed by atoms with Gasteiger partial charge in [-0.2, -0.15) is 0 Å². The normalized spacial score (nSPS) is 15.5. The number of carbonyl (C=O) groups excluding carboxylic acids is 2. The molecule has 0 spiro atoms. The molecule has 2 aromatic rings. The third-order valence-corrected chi connectivity index (χ3v) is 4.54. The molecule has 128 valence electrons. The van der Waals surface area contributed by atoms with Crippen molar-refractivity contribution in [2.45, 2.75) is 32.7 Å². The Morgan fingerprint density at radius 2 is 2.04 bits per heavy atom. The lowest BCUT2D eigenvalue weighted by Gasteiger charge is -2.36. The Morgan fingerprint density at radius 3 is 2.71 bits per heavy atom. The van der Waals surface area contributed by atoms with Crippen LogP contribution in [0.3, 0.4) is 0 Å². The van der Waals surface area contributed by atoms with E-state index in [1.807, 2.05) is 19.2 Å². The van der Waals surface area contributed by atoms with Crippen LogP contribution in [0.4, 0.5) is 10.5 Å². The van der Waals surface area contributed by atoms with Crippen LogP contribution in [-0.4, -0.2) is 52.9 Å². The Morgan fingerprint density at radius 1 is 1.33 bits per heavy atom. The summed E-state index contributed by atoms with van der Waals surface area (Å²) in [5, 5.41) is 2.90. The Bertz CT molecular complexity index is 762. The van der Waals surface area contributed by atoms with E-state index in [0.717, 1.165) is 18.4 Å². The number of piperidine rings is 1. The number of likely N-dealkylation sites (tertiary alicyclic amines) is 1. The molecule has 1 fully saturated rings. The van der Waals surface area contributed by atoms with Crippen molar-refractivity contribution in [2.24, 2.45) is 0 Å². The van der Waals surface area contributed by atoms with Gasteiger partial charge in [0.15, 0.2) is 11.5 Å². The number of rotatable bonds is 2. The molecule has 3 amide bonds. The van der Waals surface area contributed by atoms with E-state index in [0.29, 0.717) is 30.3 Å². The lowest BCUT2D eigenvalue weighted by atomic mass is 10.0. The van der Waals surface area contributed by atoms with Crippen LogP contribution in [0.25, 0.3) is 11.1 Å². The van der Waals surface area contributed by atoms with Gasteiger partial charge in [0.1, 0.15) is 5.52 Å². The van der Waals surface area contributed by atoms with Crippen molar-refractivity contribution in [3.63, 3.8) is 0 Å². The summed E-state index contributed by atoms with van der Waals surface area (Å²) < 4.78 is 5.48.